The van der Waals surface area contributed by atoms with E-state index in [1.807, 2.05) is 19.1 Å². The van der Waals surface area contributed by atoms with Crippen LogP contribution in [-0.2, 0) is 9.53 Å². The van der Waals surface area contributed by atoms with Crippen molar-refractivity contribution in [1.29, 1.82) is 0 Å². The highest BCUT2D eigenvalue weighted by Gasteiger charge is 2.19. The Morgan fingerprint density at radius 1 is 1.24 bits per heavy atom. The molecule has 0 heterocycles. The number of aromatic carboxylic acids is 1. The summed E-state index contributed by atoms with van der Waals surface area (Å²) in [7, 11) is 0. The summed E-state index contributed by atoms with van der Waals surface area (Å²) in [5.41, 5.74) is 2.68. The zero-order chi connectivity index (χ0) is 18.4. The smallest absolute Gasteiger partial charge is 0.335 e. The lowest BCUT2D eigenvalue weighted by atomic mass is 9.95. The summed E-state index contributed by atoms with van der Waals surface area (Å²) in [6, 6.07) is 12.2. The van der Waals surface area contributed by atoms with E-state index in [9.17, 15) is 14.7 Å². The molecule has 1 unspecified atom stereocenters. The molecule has 0 aromatic heterocycles. The predicted molar refractivity (Wildman–Crippen MR) is 96.1 cm³/mol. The third-order valence-corrected chi connectivity index (χ3v) is 3.96. The van der Waals surface area contributed by atoms with Crippen LogP contribution in [0.3, 0.4) is 0 Å². The van der Waals surface area contributed by atoms with Gasteiger partial charge in [0.2, 0.25) is 5.91 Å². The van der Waals surface area contributed by atoms with E-state index in [0.717, 1.165) is 16.7 Å². The van der Waals surface area contributed by atoms with Gasteiger partial charge in [0.1, 0.15) is 6.10 Å². The molecule has 6 heteroatoms. The average Bonchev–Trinajstić information content (AvgIpc) is 2.55. The SMILES string of the molecule is CC(=O)NCCOC(c1cccc(Cl)c1)c1cc(C(=O)O)ccc1C. The molecule has 132 valence electrons. The first-order chi connectivity index (χ1) is 11.9. The highest BCUT2D eigenvalue weighted by Crippen LogP contribution is 2.30. The molecule has 2 rings (SSSR count). The summed E-state index contributed by atoms with van der Waals surface area (Å²) in [4.78, 5) is 22.3. The Hall–Kier alpha value is -2.37. The van der Waals surface area contributed by atoms with Gasteiger partial charge in [0.05, 0.1) is 12.2 Å². The lowest BCUT2D eigenvalue weighted by Crippen LogP contribution is -2.25. The molecular formula is C19H20ClNO4. The molecule has 2 aromatic carbocycles. The van der Waals surface area contributed by atoms with Crippen LogP contribution < -0.4 is 5.32 Å². The molecule has 0 radical (unpaired) electrons. The lowest BCUT2D eigenvalue weighted by molar-refractivity contribution is -0.119. The van der Waals surface area contributed by atoms with E-state index in [1.165, 1.54) is 6.92 Å². The van der Waals surface area contributed by atoms with Gasteiger partial charge in [0, 0.05) is 18.5 Å². The molecular weight excluding hydrogens is 342 g/mol. The fraction of sp³-hybridized carbons (Fsp3) is 0.263. The minimum absolute atomic E-state index is 0.132. The van der Waals surface area contributed by atoms with Crippen molar-refractivity contribution in [3.63, 3.8) is 0 Å². The van der Waals surface area contributed by atoms with Crippen molar-refractivity contribution in [3.05, 3.63) is 69.7 Å². The summed E-state index contributed by atoms with van der Waals surface area (Å²) >= 11 is 6.09. The van der Waals surface area contributed by atoms with Crippen LogP contribution in [0.25, 0.3) is 0 Å². The van der Waals surface area contributed by atoms with Gasteiger partial charge in [0.25, 0.3) is 0 Å². The second-order valence-corrected chi connectivity index (χ2v) is 6.10. The van der Waals surface area contributed by atoms with Crippen LogP contribution in [-0.4, -0.2) is 30.1 Å². The maximum absolute atomic E-state index is 11.3. The second-order valence-electron chi connectivity index (χ2n) is 5.67. The van der Waals surface area contributed by atoms with Crippen molar-refractivity contribution in [2.24, 2.45) is 0 Å². The fourth-order valence-corrected chi connectivity index (χ4v) is 2.69. The number of carbonyl (C=O) groups excluding carboxylic acids is 1. The summed E-state index contributed by atoms with van der Waals surface area (Å²) in [5, 5.41) is 12.5. The van der Waals surface area contributed by atoms with E-state index in [0.29, 0.717) is 11.6 Å². The van der Waals surface area contributed by atoms with Crippen LogP contribution in [0.5, 0.6) is 0 Å². The van der Waals surface area contributed by atoms with Crippen molar-refractivity contribution in [2.45, 2.75) is 20.0 Å². The number of halogens is 1. The molecule has 0 bridgehead atoms. The monoisotopic (exact) mass is 361 g/mol. The molecule has 0 aliphatic rings. The van der Waals surface area contributed by atoms with Crippen LogP contribution in [0, 0.1) is 6.92 Å². The minimum atomic E-state index is -0.996. The molecule has 5 nitrogen and oxygen atoms in total. The van der Waals surface area contributed by atoms with Gasteiger partial charge in [-0.25, -0.2) is 4.79 Å². The molecule has 2 aromatic rings. The predicted octanol–water partition coefficient (Wildman–Crippen LogP) is 3.59. The number of carboxylic acids is 1. The molecule has 0 spiro atoms. The first-order valence-corrected chi connectivity index (χ1v) is 8.21. The van der Waals surface area contributed by atoms with E-state index < -0.39 is 12.1 Å². The second kappa shape index (κ2) is 8.65. The maximum Gasteiger partial charge on any atom is 0.335 e. The summed E-state index contributed by atoms with van der Waals surface area (Å²) in [6.07, 6.45) is -0.480. The molecule has 0 saturated heterocycles. The van der Waals surface area contributed by atoms with Crippen molar-refractivity contribution >= 4 is 23.5 Å². The first kappa shape index (κ1) is 19.0. The number of amides is 1. The number of hydrogen-bond donors (Lipinski definition) is 2. The Balaban J connectivity index is 2.35. The van der Waals surface area contributed by atoms with Gasteiger partial charge in [-0.3, -0.25) is 4.79 Å². The number of ether oxygens (including phenoxy) is 1. The van der Waals surface area contributed by atoms with Crippen molar-refractivity contribution in [1.82, 2.24) is 5.32 Å². The lowest BCUT2D eigenvalue weighted by Gasteiger charge is -2.21. The molecule has 0 aliphatic carbocycles. The Morgan fingerprint density at radius 3 is 2.64 bits per heavy atom. The Kier molecular flexibility index (Phi) is 6.56. The van der Waals surface area contributed by atoms with Crippen LogP contribution in [0.4, 0.5) is 0 Å². The van der Waals surface area contributed by atoms with Gasteiger partial charge in [-0.05, 0) is 47.9 Å². The molecule has 0 saturated carbocycles. The van der Waals surface area contributed by atoms with Gasteiger partial charge >= 0.3 is 5.97 Å². The van der Waals surface area contributed by atoms with Gasteiger partial charge in [-0.1, -0.05) is 29.8 Å². The highest BCUT2D eigenvalue weighted by molar-refractivity contribution is 6.30. The Bertz CT molecular complexity index is 776. The number of nitrogens with one attached hydrogen (secondary N) is 1. The van der Waals surface area contributed by atoms with Crippen LogP contribution >= 0.6 is 11.6 Å². The first-order valence-electron chi connectivity index (χ1n) is 7.84. The summed E-state index contributed by atoms with van der Waals surface area (Å²) in [5.74, 6) is -1.13. The average molecular weight is 362 g/mol. The maximum atomic E-state index is 11.3. The molecule has 0 aliphatic heterocycles. The third kappa shape index (κ3) is 5.31. The van der Waals surface area contributed by atoms with Gasteiger partial charge < -0.3 is 15.2 Å². The zero-order valence-electron chi connectivity index (χ0n) is 14.1. The molecule has 1 atom stereocenters. The number of rotatable bonds is 7. The summed E-state index contributed by atoms with van der Waals surface area (Å²) in [6.45, 7) is 3.99. The van der Waals surface area contributed by atoms with E-state index >= 15 is 0 Å². The van der Waals surface area contributed by atoms with Crippen molar-refractivity contribution in [3.8, 4) is 0 Å². The van der Waals surface area contributed by atoms with Crippen LogP contribution in [0.15, 0.2) is 42.5 Å². The third-order valence-electron chi connectivity index (χ3n) is 3.72. The van der Waals surface area contributed by atoms with E-state index in [2.05, 4.69) is 5.32 Å². The van der Waals surface area contributed by atoms with Crippen LogP contribution in [0.2, 0.25) is 5.02 Å². The minimum Gasteiger partial charge on any atom is -0.478 e. The number of aryl methyl sites for hydroxylation is 1. The van der Waals surface area contributed by atoms with E-state index in [4.69, 9.17) is 16.3 Å². The zero-order valence-corrected chi connectivity index (χ0v) is 14.8. The van der Waals surface area contributed by atoms with Gasteiger partial charge in [-0.2, -0.15) is 0 Å². The number of hydrogen-bond acceptors (Lipinski definition) is 3. The van der Waals surface area contributed by atoms with Crippen molar-refractivity contribution < 1.29 is 19.4 Å². The van der Waals surface area contributed by atoms with Crippen molar-refractivity contribution in [2.75, 3.05) is 13.2 Å². The molecule has 1 amide bonds. The number of benzene rings is 2. The normalized spacial score (nSPS) is 11.8. The van der Waals surface area contributed by atoms with Crippen LogP contribution in [0.1, 0.15) is 40.1 Å². The molecule has 2 N–H and O–H groups in total. The van der Waals surface area contributed by atoms with Gasteiger partial charge in [-0.15, -0.1) is 0 Å². The standard InChI is InChI=1S/C19H20ClNO4/c1-12-6-7-15(19(23)24)11-17(12)18(25-9-8-21-13(2)22)14-4-3-5-16(20)10-14/h3-7,10-11,18H,8-9H2,1-2H3,(H,21,22)(H,23,24). The Labute approximate surface area is 151 Å². The fourth-order valence-electron chi connectivity index (χ4n) is 2.50. The molecule has 0 fully saturated rings. The summed E-state index contributed by atoms with van der Waals surface area (Å²) < 4.78 is 5.97. The number of carbonyl (C=O) groups is 2. The van der Waals surface area contributed by atoms with E-state index in [1.54, 1.807) is 30.3 Å². The highest BCUT2D eigenvalue weighted by atomic mass is 35.5. The largest absolute Gasteiger partial charge is 0.478 e. The quantitative estimate of drug-likeness (QED) is 0.739. The van der Waals surface area contributed by atoms with E-state index in [-0.39, 0.29) is 18.1 Å². The Morgan fingerprint density at radius 2 is 2.00 bits per heavy atom. The number of carboxylic acid groups (broad SMARTS) is 1. The topological polar surface area (TPSA) is 75.6 Å². The van der Waals surface area contributed by atoms with Gasteiger partial charge in [0.15, 0.2) is 0 Å². The molecule has 25 heavy (non-hydrogen) atoms.